The highest BCUT2D eigenvalue weighted by Gasteiger charge is 2.22. The molecule has 1 unspecified atom stereocenters. The van der Waals surface area contributed by atoms with Crippen molar-refractivity contribution in [1.29, 1.82) is 0 Å². The summed E-state index contributed by atoms with van der Waals surface area (Å²) in [5.74, 6) is 0. The van der Waals surface area contributed by atoms with Crippen LogP contribution in [0.15, 0.2) is 6.20 Å². The Morgan fingerprint density at radius 3 is 2.83 bits per heavy atom. The topological polar surface area (TPSA) is 39.1 Å². The first-order valence-corrected chi connectivity index (χ1v) is 7.23. The van der Waals surface area contributed by atoms with E-state index in [0.29, 0.717) is 12.1 Å². The number of nitrogens with one attached hydrogen (secondary N) is 1. The van der Waals surface area contributed by atoms with Gasteiger partial charge >= 0.3 is 0 Å². The van der Waals surface area contributed by atoms with Crippen molar-refractivity contribution < 1.29 is 4.74 Å². The lowest BCUT2D eigenvalue weighted by atomic mass is 9.95. The summed E-state index contributed by atoms with van der Waals surface area (Å²) in [5, 5.41) is 8.21. The highest BCUT2D eigenvalue weighted by atomic mass is 16.5. The molecule has 2 fully saturated rings. The summed E-state index contributed by atoms with van der Waals surface area (Å²) in [5.41, 5.74) is 2.48. The summed E-state index contributed by atoms with van der Waals surface area (Å²) in [7, 11) is 0. The van der Waals surface area contributed by atoms with E-state index in [0.717, 1.165) is 19.6 Å². The molecule has 0 amide bonds. The molecule has 0 radical (unpaired) electrons. The summed E-state index contributed by atoms with van der Waals surface area (Å²) in [6, 6.07) is 1.09. The maximum absolute atomic E-state index is 5.44. The van der Waals surface area contributed by atoms with Gasteiger partial charge < -0.3 is 10.1 Å². The van der Waals surface area contributed by atoms with E-state index in [1.54, 1.807) is 0 Å². The maximum Gasteiger partial charge on any atom is 0.0778 e. The Morgan fingerprint density at radius 2 is 2.11 bits per heavy atom. The number of ether oxygens (including phenoxy) is 1. The van der Waals surface area contributed by atoms with Gasteiger partial charge in [0.15, 0.2) is 0 Å². The summed E-state index contributed by atoms with van der Waals surface area (Å²) in [6.07, 6.45) is 9.81. The largest absolute Gasteiger partial charge is 0.380 e. The molecule has 1 N–H and O–H groups in total. The minimum atomic E-state index is 0.437. The molecule has 1 saturated carbocycles. The van der Waals surface area contributed by atoms with Crippen molar-refractivity contribution in [2.24, 2.45) is 0 Å². The zero-order valence-electron chi connectivity index (χ0n) is 11.2. The van der Waals surface area contributed by atoms with E-state index in [-0.39, 0.29) is 0 Å². The smallest absolute Gasteiger partial charge is 0.0778 e. The van der Waals surface area contributed by atoms with Gasteiger partial charge in [0.05, 0.1) is 30.2 Å². The Bertz CT molecular complexity index is 390. The van der Waals surface area contributed by atoms with Gasteiger partial charge in [0, 0.05) is 12.6 Å². The lowest BCUT2D eigenvalue weighted by Crippen LogP contribution is -2.22. The first kappa shape index (κ1) is 12.0. The van der Waals surface area contributed by atoms with E-state index in [2.05, 4.69) is 22.0 Å². The number of aromatic nitrogens is 2. The summed E-state index contributed by atoms with van der Waals surface area (Å²) in [4.78, 5) is 0. The number of rotatable bonds is 3. The zero-order valence-corrected chi connectivity index (χ0v) is 11.2. The van der Waals surface area contributed by atoms with Crippen LogP contribution in [0.3, 0.4) is 0 Å². The van der Waals surface area contributed by atoms with Crippen molar-refractivity contribution >= 4 is 5.69 Å². The van der Waals surface area contributed by atoms with Gasteiger partial charge in [0.1, 0.15) is 0 Å². The molecule has 18 heavy (non-hydrogen) atoms. The molecule has 1 aromatic rings. The highest BCUT2D eigenvalue weighted by Crippen LogP contribution is 2.26. The van der Waals surface area contributed by atoms with Gasteiger partial charge in [0.25, 0.3) is 0 Å². The highest BCUT2D eigenvalue weighted by molar-refractivity contribution is 5.47. The molecule has 1 aromatic heterocycles. The fourth-order valence-corrected chi connectivity index (χ4v) is 3.12. The molecular formula is C14H23N3O. The Kier molecular flexibility index (Phi) is 3.55. The van der Waals surface area contributed by atoms with Gasteiger partial charge in [0.2, 0.25) is 0 Å². The van der Waals surface area contributed by atoms with Gasteiger partial charge in [-0.15, -0.1) is 0 Å². The molecule has 0 bridgehead atoms. The lowest BCUT2D eigenvalue weighted by molar-refractivity contribution is 0.184. The third-order valence-electron chi connectivity index (χ3n) is 4.26. The molecule has 0 aromatic carbocycles. The summed E-state index contributed by atoms with van der Waals surface area (Å²) >= 11 is 0. The Balaban J connectivity index is 1.68. The van der Waals surface area contributed by atoms with Crippen LogP contribution >= 0.6 is 0 Å². The zero-order chi connectivity index (χ0) is 12.4. The molecule has 4 nitrogen and oxygen atoms in total. The number of hydrogen-bond acceptors (Lipinski definition) is 3. The SMILES string of the molecule is Cc1c(NC2CCCCC2)cnn1C1CCOC1. The van der Waals surface area contributed by atoms with E-state index in [4.69, 9.17) is 4.74 Å². The van der Waals surface area contributed by atoms with E-state index < -0.39 is 0 Å². The lowest BCUT2D eigenvalue weighted by Gasteiger charge is -2.23. The van der Waals surface area contributed by atoms with Crippen LogP contribution in [0.1, 0.15) is 50.3 Å². The average molecular weight is 249 g/mol. The van der Waals surface area contributed by atoms with E-state index in [9.17, 15) is 0 Å². The van der Waals surface area contributed by atoms with Crippen LogP contribution in [0.4, 0.5) is 5.69 Å². The van der Waals surface area contributed by atoms with Crippen LogP contribution < -0.4 is 5.32 Å². The predicted molar refractivity (Wildman–Crippen MR) is 71.9 cm³/mol. The van der Waals surface area contributed by atoms with Gasteiger partial charge in [-0.05, 0) is 26.2 Å². The van der Waals surface area contributed by atoms with Crippen LogP contribution in [0.5, 0.6) is 0 Å². The minimum absolute atomic E-state index is 0.437. The second-order valence-electron chi connectivity index (χ2n) is 5.58. The van der Waals surface area contributed by atoms with Gasteiger partial charge in [-0.2, -0.15) is 5.10 Å². The Hall–Kier alpha value is -1.03. The molecule has 2 heterocycles. The monoisotopic (exact) mass is 249 g/mol. The van der Waals surface area contributed by atoms with Crippen molar-refractivity contribution in [1.82, 2.24) is 9.78 Å². The van der Waals surface area contributed by atoms with Crippen molar-refractivity contribution in [3.8, 4) is 0 Å². The molecule has 4 heteroatoms. The standard InChI is InChI=1S/C14H23N3O/c1-11-14(16-12-5-3-2-4-6-12)9-15-17(11)13-7-8-18-10-13/h9,12-13,16H,2-8,10H2,1H3. The predicted octanol–water partition coefficient (Wildman–Crippen LogP) is 2.90. The molecule has 100 valence electrons. The molecule has 2 aliphatic rings. The normalized spacial score (nSPS) is 25.5. The van der Waals surface area contributed by atoms with Crippen molar-refractivity contribution in [3.05, 3.63) is 11.9 Å². The number of nitrogens with zero attached hydrogens (tertiary/aromatic N) is 2. The fraction of sp³-hybridized carbons (Fsp3) is 0.786. The van der Waals surface area contributed by atoms with E-state index >= 15 is 0 Å². The molecular weight excluding hydrogens is 226 g/mol. The Morgan fingerprint density at radius 1 is 1.28 bits per heavy atom. The van der Waals surface area contributed by atoms with Crippen molar-refractivity contribution in [3.63, 3.8) is 0 Å². The molecule has 1 aliphatic carbocycles. The van der Waals surface area contributed by atoms with Crippen LogP contribution in [-0.4, -0.2) is 29.0 Å². The van der Waals surface area contributed by atoms with Gasteiger partial charge in [-0.1, -0.05) is 19.3 Å². The van der Waals surface area contributed by atoms with Crippen molar-refractivity contribution in [2.75, 3.05) is 18.5 Å². The summed E-state index contributed by atoms with van der Waals surface area (Å²) in [6.45, 7) is 3.84. The van der Waals surface area contributed by atoms with Gasteiger partial charge in [-0.3, -0.25) is 4.68 Å². The first-order chi connectivity index (χ1) is 8.84. The molecule has 0 spiro atoms. The van der Waals surface area contributed by atoms with Gasteiger partial charge in [-0.25, -0.2) is 0 Å². The molecule has 1 aliphatic heterocycles. The van der Waals surface area contributed by atoms with E-state index in [1.165, 1.54) is 43.5 Å². The molecule has 3 rings (SSSR count). The molecule has 1 atom stereocenters. The average Bonchev–Trinajstić information content (AvgIpc) is 3.02. The van der Waals surface area contributed by atoms with Crippen LogP contribution in [0.2, 0.25) is 0 Å². The van der Waals surface area contributed by atoms with Crippen LogP contribution in [0, 0.1) is 6.92 Å². The quantitative estimate of drug-likeness (QED) is 0.895. The fourth-order valence-electron chi connectivity index (χ4n) is 3.12. The van der Waals surface area contributed by atoms with Crippen molar-refractivity contribution in [2.45, 2.75) is 57.5 Å². The minimum Gasteiger partial charge on any atom is -0.380 e. The third-order valence-corrected chi connectivity index (χ3v) is 4.26. The number of hydrogen-bond donors (Lipinski definition) is 1. The Labute approximate surface area is 109 Å². The third kappa shape index (κ3) is 2.39. The second-order valence-corrected chi connectivity index (χ2v) is 5.58. The van der Waals surface area contributed by atoms with E-state index in [1.807, 2.05) is 6.20 Å². The summed E-state index contributed by atoms with van der Waals surface area (Å²) < 4.78 is 7.58. The van der Waals surface area contributed by atoms with Crippen LogP contribution in [-0.2, 0) is 4.74 Å². The first-order valence-electron chi connectivity index (χ1n) is 7.23. The van der Waals surface area contributed by atoms with Crippen LogP contribution in [0.25, 0.3) is 0 Å². The second kappa shape index (κ2) is 5.31. The molecule has 1 saturated heterocycles. The maximum atomic E-state index is 5.44. The number of anilines is 1.